The van der Waals surface area contributed by atoms with Crippen LogP contribution in [0.2, 0.25) is 5.15 Å². The van der Waals surface area contributed by atoms with Gasteiger partial charge in [-0.2, -0.15) is 0 Å². The molecule has 0 aliphatic carbocycles. The Bertz CT molecular complexity index is 1520. The topological polar surface area (TPSA) is 71.9 Å². The molecule has 0 radical (unpaired) electrons. The van der Waals surface area contributed by atoms with Crippen LogP contribution in [-0.4, -0.2) is 22.5 Å². The van der Waals surface area contributed by atoms with Crippen molar-refractivity contribution in [2.24, 2.45) is 5.92 Å². The molecule has 3 atom stereocenters. The molecule has 0 unspecified atom stereocenters. The van der Waals surface area contributed by atoms with Crippen LogP contribution in [0.5, 0.6) is 0 Å². The zero-order valence-electron chi connectivity index (χ0n) is 18.5. The summed E-state index contributed by atoms with van der Waals surface area (Å²) >= 11 is 7.69. The van der Waals surface area contributed by atoms with E-state index >= 15 is 0 Å². The van der Waals surface area contributed by atoms with E-state index in [-0.39, 0.29) is 15.7 Å². The summed E-state index contributed by atoms with van der Waals surface area (Å²) in [6.45, 7) is 0. The molecule has 6 rings (SSSR count). The molecule has 2 aliphatic rings. The molecule has 2 aliphatic heterocycles. The molecule has 36 heavy (non-hydrogen) atoms. The van der Waals surface area contributed by atoms with Gasteiger partial charge in [-0.1, -0.05) is 59.3 Å². The minimum atomic E-state index is -1.13. The predicted octanol–water partition coefficient (Wildman–Crippen LogP) is 4.74. The SMILES string of the molecule is O=C1[C@@H]2[C@@H](c3sc(=O)n(-c4ccccc4)c3Cl)N(c3ccccc3)O[C@H]2C(=O)N1c1ccc(F)cc1. The molecule has 10 heteroatoms. The van der Waals surface area contributed by atoms with Gasteiger partial charge in [0.25, 0.3) is 5.91 Å². The number of imide groups is 1. The molecule has 2 amide bonds. The van der Waals surface area contributed by atoms with Gasteiger partial charge < -0.3 is 0 Å². The number of fused-ring (bicyclic) bond motifs is 1. The number of para-hydroxylation sites is 2. The fourth-order valence-corrected chi connectivity index (χ4v) is 6.14. The molecule has 4 aromatic rings. The van der Waals surface area contributed by atoms with E-state index in [9.17, 15) is 18.8 Å². The van der Waals surface area contributed by atoms with Gasteiger partial charge in [0, 0.05) is 0 Å². The van der Waals surface area contributed by atoms with Crippen LogP contribution in [0.1, 0.15) is 10.9 Å². The number of carbonyl (C=O) groups excluding carboxylic acids is 2. The molecular weight excluding hydrogens is 505 g/mol. The molecule has 2 saturated heterocycles. The quantitative estimate of drug-likeness (QED) is 0.363. The highest BCUT2D eigenvalue weighted by Gasteiger charge is 2.61. The number of thiazole rings is 1. The zero-order valence-corrected chi connectivity index (χ0v) is 20.0. The van der Waals surface area contributed by atoms with Crippen LogP contribution in [0, 0.1) is 11.7 Å². The summed E-state index contributed by atoms with van der Waals surface area (Å²) in [7, 11) is 0. The highest BCUT2D eigenvalue weighted by atomic mass is 35.5. The number of amides is 2. The van der Waals surface area contributed by atoms with E-state index in [2.05, 4.69) is 0 Å². The average molecular weight is 522 g/mol. The molecule has 7 nitrogen and oxygen atoms in total. The first kappa shape index (κ1) is 22.7. The van der Waals surface area contributed by atoms with Gasteiger partial charge in [-0.3, -0.25) is 23.8 Å². The summed E-state index contributed by atoms with van der Waals surface area (Å²) in [6, 6.07) is 22.2. The van der Waals surface area contributed by atoms with Gasteiger partial charge in [-0.15, -0.1) is 0 Å². The van der Waals surface area contributed by atoms with E-state index in [4.69, 9.17) is 16.4 Å². The van der Waals surface area contributed by atoms with Crippen LogP contribution in [0.15, 0.2) is 89.7 Å². The van der Waals surface area contributed by atoms with Crippen molar-refractivity contribution in [3.8, 4) is 5.69 Å². The summed E-state index contributed by atoms with van der Waals surface area (Å²) < 4.78 is 14.9. The summed E-state index contributed by atoms with van der Waals surface area (Å²) in [4.78, 5) is 47.3. The lowest BCUT2D eigenvalue weighted by Crippen LogP contribution is -2.37. The Morgan fingerprint density at radius 2 is 1.39 bits per heavy atom. The number of hydrogen-bond acceptors (Lipinski definition) is 6. The van der Waals surface area contributed by atoms with Crippen molar-refractivity contribution in [1.29, 1.82) is 0 Å². The normalized spacial score (nSPS) is 21.3. The van der Waals surface area contributed by atoms with Crippen molar-refractivity contribution < 1.29 is 18.8 Å². The second kappa shape index (κ2) is 8.70. The van der Waals surface area contributed by atoms with E-state index in [1.54, 1.807) is 48.5 Å². The second-order valence-corrected chi connectivity index (χ2v) is 9.69. The maximum absolute atomic E-state index is 13.7. The van der Waals surface area contributed by atoms with Crippen LogP contribution in [0.3, 0.4) is 0 Å². The molecule has 3 heterocycles. The molecule has 1 aromatic heterocycles. The lowest BCUT2D eigenvalue weighted by atomic mass is 9.95. The Morgan fingerprint density at radius 1 is 0.778 bits per heavy atom. The maximum Gasteiger partial charge on any atom is 0.313 e. The third-order valence-corrected chi connectivity index (χ3v) is 7.77. The molecule has 180 valence electrons. The van der Waals surface area contributed by atoms with Gasteiger partial charge in [-0.25, -0.2) is 14.4 Å². The lowest BCUT2D eigenvalue weighted by Gasteiger charge is -2.28. The van der Waals surface area contributed by atoms with Gasteiger partial charge in [0.05, 0.1) is 21.9 Å². The number of halogens is 2. The van der Waals surface area contributed by atoms with Crippen LogP contribution in [-0.2, 0) is 14.4 Å². The fourth-order valence-electron chi connectivity index (χ4n) is 4.67. The minimum Gasteiger partial charge on any atom is -0.273 e. The van der Waals surface area contributed by atoms with Crippen LogP contribution in [0.25, 0.3) is 5.69 Å². The summed E-state index contributed by atoms with van der Waals surface area (Å²) in [5.41, 5.74) is 1.43. The van der Waals surface area contributed by atoms with E-state index in [0.717, 1.165) is 16.2 Å². The second-order valence-electron chi connectivity index (χ2n) is 8.34. The third kappa shape index (κ3) is 3.47. The first-order valence-corrected chi connectivity index (χ1v) is 12.3. The number of rotatable bonds is 4. The first-order valence-electron chi connectivity index (χ1n) is 11.1. The maximum atomic E-state index is 13.7. The third-order valence-electron chi connectivity index (χ3n) is 6.27. The Morgan fingerprint density at radius 3 is 2.03 bits per heavy atom. The van der Waals surface area contributed by atoms with E-state index in [1.807, 2.05) is 12.1 Å². The number of hydroxylamine groups is 1. The fraction of sp³-hybridized carbons (Fsp3) is 0.115. The van der Waals surface area contributed by atoms with E-state index in [1.165, 1.54) is 33.9 Å². The smallest absolute Gasteiger partial charge is 0.273 e. The van der Waals surface area contributed by atoms with Crippen molar-refractivity contribution in [3.63, 3.8) is 0 Å². The van der Waals surface area contributed by atoms with Crippen molar-refractivity contribution in [2.75, 3.05) is 9.96 Å². The van der Waals surface area contributed by atoms with E-state index in [0.29, 0.717) is 16.3 Å². The van der Waals surface area contributed by atoms with Crippen molar-refractivity contribution in [3.05, 3.63) is 110 Å². The van der Waals surface area contributed by atoms with Crippen LogP contribution >= 0.6 is 22.9 Å². The zero-order chi connectivity index (χ0) is 25.0. The Balaban J connectivity index is 1.48. The van der Waals surface area contributed by atoms with Crippen molar-refractivity contribution >= 4 is 46.1 Å². The summed E-state index contributed by atoms with van der Waals surface area (Å²) in [5.74, 6) is -2.53. The predicted molar refractivity (Wildman–Crippen MR) is 134 cm³/mol. The lowest BCUT2D eigenvalue weighted by molar-refractivity contribution is -0.126. The first-order chi connectivity index (χ1) is 17.5. The molecule has 3 aromatic carbocycles. The van der Waals surface area contributed by atoms with Gasteiger partial charge in [-0.05, 0) is 48.5 Å². The molecule has 2 fully saturated rings. The molecule has 0 saturated carbocycles. The number of aromatic nitrogens is 1. The highest BCUT2D eigenvalue weighted by molar-refractivity contribution is 7.10. The van der Waals surface area contributed by atoms with Gasteiger partial charge in [0.15, 0.2) is 6.10 Å². The number of anilines is 2. The Kier molecular flexibility index (Phi) is 5.48. The van der Waals surface area contributed by atoms with Crippen LogP contribution < -0.4 is 14.8 Å². The van der Waals surface area contributed by atoms with Gasteiger partial charge >= 0.3 is 4.87 Å². The summed E-state index contributed by atoms with van der Waals surface area (Å²) in [5, 5.41) is 1.63. The Labute approximate surface area is 213 Å². The van der Waals surface area contributed by atoms with Crippen LogP contribution in [0.4, 0.5) is 15.8 Å². The van der Waals surface area contributed by atoms with Crippen molar-refractivity contribution in [1.82, 2.24) is 4.57 Å². The van der Waals surface area contributed by atoms with Crippen molar-refractivity contribution in [2.45, 2.75) is 12.1 Å². The molecule has 0 spiro atoms. The number of carbonyl (C=O) groups is 2. The number of benzene rings is 3. The highest BCUT2D eigenvalue weighted by Crippen LogP contribution is 2.50. The standard InChI is InChI=1S/C26H17ClFN3O4S/c27-23-22(36-26(34)29(23)16-7-3-1-4-8-16)20-19-21(35-31(20)18-9-5-2-6-10-18)25(33)30(24(19)32)17-13-11-15(28)12-14-17/h1-14,19-21H/t19-,20+,21-/m1/s1. The monoisotopic (exact) mass is 521 g/mol. The largest absolute Gasteiger partial charge is 0.313 e. The number of nitrogens with zero attached hydrogens (tertiary/aromatic N) is 3. The Hall–Kier alpha value is -3.79. The minimum absolute atomic E-state index is 0.145. The molecule has 0 N–H and O–H groups in total. The molecular formula is C26H17ClFN3O4S. The van der Waals surface area contributed by atoms with E-state index < -0.39 is 35.7 Å². The number of hydrogen-bond donors (Lipinski definition) is 0. The van der Waals surface area contributed by atoms with Gasteiger partial charge in [0.1, 0.15) is 22.9 Å². The summed E-state index contributed by atoms with van der Waals surface area (Å²) in [6.07, 6.45) is -1.13. The van der Waals surface area contributed by atoms with Gasteiger partial charge in [0.2, 0.25) is 5.91 Å². The molecule has 0 bridgehead atoms. The average Bonchev–Trinajstić information content (AvgIpc) is 3.50.